The van der Waals surface area contributed by atoms with Gasteiger partial charge in [-0.3, -0.25) is 10.1 Å². The molecule has 9 nitrogen and oxygen atoms in total. The van der Waals surface area contributed by atoms with Gasteiger partial charge < -0.3 is 9.47 Å². The first-order chi connectivity index (χ1) is 15.0. The molecule has 0 aliphatic rings. The van der Waals surface area contributed by atoms with Gasteiger partial charge in [-0.05, 0) is 24.7 Å². The van der Waals surface area contributed by atoms with Crippen molar-refractivity contribution in [3.63, 3.8) is 0 Å². The fraction of sp³-hybridized carbons (Fsp3) is 0.286. The van der Waals surface area contributed by atoms with Crippen LogP contribution < -0.4 is 9.47 Å². The Morgan fingerprint density at radius 1 is 1.29 bits per heavy atom. The Bertz CT molecular complexity index is 1120. The third-order valence-electron chi connectivity index (χ3n) is 4.47. The Kier molecular flexibility index (Phi) is 7.50. The lowest BCUT2D eigenvalue weighted by atomic mass is 10.2. The number of H-pyrrole nitrogens is 1. The quantitative estimate of drug-likeness (QED) is 0.156. The molecular weight excluding hydrogens is 418 g/mol. The topological polar surface area (TPSA) is 108 Å². The molecule has 2 aromatic carbocycles. The zero-order valence-corrected chi connectivity index (χ0v) is 18.1. The summed E-state index contributed by atoms with van der Waals surface area (Å²) in [7, 11) is 1.44. The van der Waals surface area contributed by atoms with Crippen molar-refractivity contribution >= 4 is 24.1 Å². The highest BCUT2D eigenvalue weighted by Crippen LogP contribution is 2.38. The molecular formula is C21H23N5O4S. The van der Waals surface area contributed by atoms with E-state index in [1.165, 1.54) is 24.1 Å². The van der Waals surface area contributed by atoms with Gasteiger partial charge >= 0.3 is 5.69 Å². The van der Waals surface area contributed by atoms with Gasteiger partial charge in [0.25, 0.3) is 0 Å². The molecule has 0 amide bonds. The van der Waals surface area contributed by atoms with Crippen molar-refractivity contribution < 1.29 is 14.4 Å². The van der Waals surface area contributed by atoms with Crippen LogP contribution in [0.3, 0.4) is 0 Å². The summed E-state index contributed by atoms with van der Waals surface area (Å²) in [6, 6.07) is 12.5. The number of ether oxygens (including phenoxy) is 2. The smallest absolute Gasteiger partial charge is 0.315 e. The third kappa shape index (κ3) is 5.34. The van der Waals surface area contributed by atoms with Gasteiger partial charge in [-0.1, -0.05) is 50.1 Å². The molecule has 0 saturated heterocycles. The molecule has 0 unspecified atom stereocenters. The van der Waals surface area contributed by atoms with Crippen molar-refractivity contribution in [1.29, 1.82) is 0 Å². The molecule has 0 atom stereocenters. The minimum atomic E-state index is -0.492. The number of hydrogen-bond donors (Lipinski definition) is 1. The standard InChI is InChI=1S/C21H23N5O4S/c1-3-4-8-11-30-19-17(26(27)28)12-15(13-18(19)29-2)14-22-25-20(23-24-21(25)31)16-9-6-5-7-10-16/h5-7,9-10,12-14H,3-4,8,11H2,1-2H3,(H,24,31)/b22-14-. The zero-order valence-electron chi connectivity index (χ0n) is 17.3. The SMILES string of the molecule is CCCCCOc1c(OC)cc(/C=N\n2c(-c3ccccc3)n[nH]c2=S)cc1[N+](=O)[O-]. The second kappa shape index (κ2) is 10.5. The molecule has 1 heterocycles. The average molecular weight is 442 g/mol. The summed E-state index contributed by atoms with van der Waals surface area (Å²) >= 11 is 5.27. The minimum absolute atomic E-state index is 0.116. The highest BCUT2D eigenvalue weighted by molar-refractivity contribution is 7.71. The molecule has 0 bridgehead atoms. The summed E-state index contributed by atoms with van der Waals surface area (Å²) in [5, 5.41) is 23.0. The predicted octanol–water partition coefficient (Wildman–Crippen LogP) is 4.98. The van der Waals surface area contributed by atoms with E-state index in [0.717, 1.165) is 24.8 Å². The fourth-order valence-electron chi connectivity index (χ4n) is 2.94. The highest BCUT2D eigenvalue weighted by atomic mass is 32.1. The van der Waals surface area contributed by atoms with E-state index in [2.05, 4.69) is 22.2 Å². The first-order valence-electron chi connectivity index (χ1n) is 9.81. The molecule has 0 spiro atoms. The largest absolute Gasteiger partial charge is 0.493 e. The van der Waals surface area contributed by atoms with Crippen molar-refractivity contribution in [2.45, 2.75) is 26.2 Å². The van der Waals surface area contributed by atoms with Crippen LogP contribution in [0.25, 0.3) is 11.4 Å². The second-order valence-corrected chi connectivity index (χ2v) is 7.05. The second-order valence-electron chi connectivity index (χ2n) is 6.66. The Morgan fingerprint density at radius 2 is 2.06 bits per heavy atom. The number of nitro groups is 1. The highest BCUT2D eigenvalue weighted by Gasteiger charge is 2.22. The number of rotatable bonds is 10. The van der Waals surface area contributed by atoms with E-state index in [0.29, 0.717) is 22.8 Å². The zero-order chi connectivity index (χ0) is 22.2. The molecule has 162 valence electrons. The van der Waals surface area contributed by atoms with Crippen molar-refractivity contribution in [2.24, 2.45) is 5.10 Å². The van der Waals surface area contributed by atoms with Gasteiger partial charge in [0, 0.05) is 17.2 Å². The summed E-state index contributed by atoms with van der Waals surface area (Å²) in [5.41, 5.74) is 1.11. The molecule has 10 heteroatoms. The number of nitrogens with zero attached hydrogens (tertiary/aromatic N) is 4. The average Bonchev–Trinajstić information content (AvgIpc) is 3.16. The molecule has 3 aromatic rings. The molecule has 0 radical (unpaired) electrons. The van der Waals surface area contributed by atoms with Crippen LogP contribution in [0.5, 0.6) is 11.5 Å². The molecule has 0 fully saturated rings. The van der Waals surface area contributed by atoms with E-state index >= 15 is 0 Å². The number of unbranched alkanes of at least 4 members (excludes halogenated alkanes) is 2. The van der Waals surface area contributed by atoms with E-state index in [1.807, 2.05) is 30.3 Å². The first-order valence-corrected chi connectivity index (χ1v) is 10.2. The molecule has 0 aliphatic carbocycles. The van der Waals surface area contributed by atoms with Gasteiger partial charge in [0.05, 0.1) is 24.9 Å². The van der Waals surface area contributed by atoms with Crippen LogP contribution in [0.1, 0.15) is 31.7 Å². The third-order valence-corrected chi connectivity index (χ3v) is 4.74. The molecule has 0 aliphatic heterocycles. The van der Waals surface area contributed by atoms with Gasteiger partial charge in [-0.25, -0.2) is 5.10 Å². The van der Waals surface area contributed by atoms with Gasteiger partial charge in [0.2, 0.25) is 10.5 Å². The maximum absolute atomic E-state index is 11.6. The fourth-order valence-corrected chi connectivity index (χ4v) is 3.12. The van der Waals surface area contributed by atoms with E-state index in [4.69, 9.17) is 21.7 Å². The maximum atomic E-state index is 11.6. The monoisotopic (exact) mass is 441 g/mol. The van der Waals surface area contributed by atoms with E-state index < -0.39 is 4.92 Å². The number of nitrogens with one attached hydrogen (secondary N) is 1. The minimum Gasteiger partial charge on any atom is -0.493 e. The number of hydrogen-bond acceptors (Lipinski definition) is 7. The number of aromatic amines is 1. The first kappa shape index (κ1) is 22.2. The molecule has 1 aromatic heterocycles. The lowest BCUT2D eigenvalue weighted by molar-refractivity contribution is -0.386. The van der Waals surface area contributed by atoms with Gasteiger partial charge in [-0.2, -0.15) is 14.9 Å². The van der Waals surface area contributed by atoms with Crippen molar-refractivity contribution in [1.82, 2.24) is 14.9 Å². The summed E-state index contributed by atoms with van der Waals surface area (Å²) in [6.45, 7) is 2.45. The molecule has 31 heavy (non-hydrogen) atoms. The van der Waals surface area contributed by atoms with Gasteiger partial charge in [0.1, 0.15) is 0 Å². The number of benzene rings is 2. The Labute approximate surface area is 184 Å². The Hall–Kier alpha value is -3.53. The van der Waals surface area contributed by atoms with Crippen LogP contribution in [0.4, 0.5) is 5.69 Å². The van der Waals surface area contributed by atoms with Gasteiger partial charge in [0.15, 0.2) is 11.6 Å². The van der Waals surface area contributed by atoms with Crippen LogP contribution in [0, 0.1) is 14.9 Å². The lowest BCUT2D eigenvalue weighted by Gasteiger charge is -2.11. The van der Waals surface area contributed by atoms with Crippen molar-refractivity contribution in [3.8, 4) is 22.9 Å². The maximum Gasteiger partial charge on any atom is 0.315 e. The van der Waals surface area contributed by atoms with E-state index in [-0.39, 0.29) is 17.2 Å². The van der Waals surface area contributed by atoms with Crippen LogP contribution in [-0.4, -0.2) is 39.7 Å². The molecule has 1 N–H and O–H groups in total. The van der Waals surface area contributed by atoms with E-state index in [9.17, 15) is 10.1 Å². The van der Waals surface area contributed by atoms with E-state index in [1.54, 1.807) is 6.07 Å². The molecule has 3 rings (SSSR count). The number of methoxy groups -OCH3 is 1. The van der Waals surface area contributed by atoms with Crippen LogP contribution in [-0.2, 0) is 0 Å². The normalized spacial score (nSPS) is 11.0. The van der Waals surface area contributed by atoms with Crippen LogP contribution in [0.15, 0.2) is 47.6 Å². The van der Waals surface area contributed by atoms with Gasteiger partial charge in [-0.15, -0.1) is 0 Å². The number of aromatic nitrogens is 3. The Balaban J connectivity index is 1.95. The van der Waals surface area contributed by atoms with Crippen molar-refractivity contribution in [2.75, 3.05) is 13.7 Å². The predicted molar refractivity (Wildman–Crippen MR) is 121 cm³/mol. The van der Waals surface area contributed by atoms with Crippen LogP contribution >= 0.6 is 12.2 Å². The lowest BCUT2D eigenvalue weighted by Crippen LogP contribution is -2.04. The number of nitro benzene ring substituents is 1. The summed E-state index contributed by atoms with van der Waals surface area (Å²) < 4.78 is 12.8. The van der Waals surface area contributed by atoms with Crippen LogP contribution in [0.2, 0.25) is 0 Å². The summed E-state index contributed by atoms with van der Waals surface area (Å²) in [5.74, 6) is 0.913. The summed E-state index contributed by atoms with van der Waals surface area (Å²) in [6.07, 6.45) is 4.28. The van der Waals surface area contributed by atoms with Crippen molar-refractivity contribution in [3.05, 3.63) is 62.9 Å². The Morgan fingerprint density at radius 3 is 2.74 bits per heavy atom. The molecule has 0 saturated carbocycles. The summed E-state index contributed by atoms with van der Waals surface area (Å²) in [4.78, 5) is 11.2.